The topological polar surface area (TPSA) is 135 Å². The van der Waals surface area contributed by atoms with Crippen molar-refractivity contribution in [3.05, 3.63) is 107 Å². The summed E-state index contributed by atoms with van der Waals surface area (Å²) in [4.78, 5) is 49.8. The van der Waals surface area contributed by atoms with Gasteiger partial charge in [-0.05, 0) is 93.1 Å². The minimum atomic E-state index is -0.783. The number of ether oxygens (including phenoxy) is 2. The number of nitrogens with one attached hydrogen (secondary N) is 4. The molecule has 0 spiro atoms. The number of para-hydroxylation sites is 2. The van der Waals surface area contributed by atoms with Crippen LogP contribution in [0.25, 0.3) is 0 Å². The normalized spacial score (nSPS) is 11.8. The highest BCUT2D eigenvalue weighted by molar-refractivity contribution is 6.32. The van der Waals surface area contributed by atoms with Crippen molar-refractivity contribution >= 4 is 69.6 Å². The molecule has 0 aliphatic rings. The van der Waals surface area contributed by atoms with Crippen molar-refractivity contribution < 1.29 is 28.7 Å². The second-order valence-electron chi connectivity index (χ2n) is 10.5. The molecule has 0 fully saturated rings. The fraction of sp³-hybridized carbons (Fsp3) is 0.200. The summed E-state index contributed by atoms with van der Waals surface area (Å²) in [5.41, 5.74) is 2.17. The molecular formula is C35H34Cl2N4O6. The van der Waals surface area contributed by atoms with Crippen LogP contribution in [0.5, 0.6) is 11.5 Å². The van der Waals surface area contributed by atoms with E-state index in [2.05, 4.69) is 21.3 Å². The van der Waals surface area contributed by atoms with Gasteiger partial charge in [0.25, 0.3) is 11.8 Å². The second-order valence-corrected chi connectivity index (χ2v) is 11.3. The summed E-state index contributed by atoms with van der Waals surface area (Å²) >= 11 is 12.2. The molecule has 0 aromatic heterocycles. The Balaban J connectivity index is 1.13. The number of anilines is 4. The van der Waals surface area contributed by atoms with Gasteiger partial charge in [-0.15, -0.1) is 0 Å². The lowest BCUT2D eigenvalue weighted by atomic mass is 10.2. The van der Waals surface area contributed by atoms with Crippen molar-refractivity contribution in [2.24, 2.45) is 0 Å². The molecule has 10 nitrogen and oxygen atoms in total. The zero-order valence-electron chi connectivity index (χ0n) is 25.7. The van der Waals surface area contributed by atoms with Crippen LogP contribution in [0.3, 0.4) is 0 Å². The summed E-state index contributed by atoms with van der Waals surface area (Å²) in [5, 5.41) is 11.9. The monoisotopic (exact) mass is 676 g/mol. The van der Waals surface area contributed by atoms with E-state index in [-0.39, 0.29) is 36.5 Å². The lowest BCUT2D eigenvalue weighted by Gasteiger charge is -2.16. The van der Waals surface area contributed by atoms with Crippen LogP contribution < -0.4 is 30.7 Å². The van der Waals surface area contributed by atoms with Crippen molar-refractivity contribution in [2.75, 3.05) is 21.3 Å². The van der Waals surface area contributed by atoms with Gasteiger partial charge in [0.2, 0.25) is 11.8 Å². The van der Waals surface area contributed by atoms with Crippen LogP contribution in [0.1, 0.15) is 33.1 Å². The summed E-state index contributed by atoms with van der Waals surface area (Å²) in [6, 6.07) is 27.1. The summed E-state index contributed by atoms with van der Waals surface area (Å²) in [6.07, 6.45) is -0.944. The predicted molar refractivity (Wildman–Crippen MR) is 184 cm³/mol. The highest BCUT2D eigenvalue weighted by Crippen LogP contribution is 2.26. The Hall–Kier alpha value is -5.06. The molecule has 0 saturated carbocycles. The lowest BCUT2D eigenvalue weighted by molar-refractivity contribution is -0.122. The maximum Gasteiger partial charge on any atom is 0.265 e. The standard InChI is InChI=1S/C35H34Cl2N4O6/c1-22(46-30-10-5-3-8-28(30)36)34(44)40-26-18-14-24(15-19-26)38-32(42)12-7-13-33(43)39-25-16-20-27(21-17-25)41-35(45)23(2)47-31-11-6-4-9-29(31)37/h3-6,8-11,14-23H,7,12-13H2,1-2H3,(H,38,42)(H,39,43)(H,40,44)(H,41,45). The van der Waals surface area contributed by atoms with Crippen molar-refractivity contribution in [2.45, 2.75) is 45.3 Å². The van der Waals surface area contributed by atoms with Crippen molar-refractivity contribution in [1.29, 1.82) is 0 Å². The Morgan fingerprint density at radius 1 is 0.532 bits per heavy atom. The van der Waals surface area contributed by atoms with Gasteiger partial charge < -0.3 is 30.7 Å². The first kappa shape index (κ1) is 34.8. The molecule has 244 valence electrons. The number of hydrogen-bond donors (Lipinski definition) is 4. The van der Waals surface area contributed by atoms with E-state index < -0.39 is 12.2 Å². The van der Waals surface area contributed by atoms with E-state index in [0.29, 0.717) is 50.7 Å². The molecule has 0 bridgehead atoms. The summed E-state index contributed by atoms with van der Waals surface area (Å²) < 4.78 is 11.3. The molecule has 0 saturated heterocycles. The van der Waals surface area contributed by atoms with Crippen molar-refractivity contribution in [1.82, 2.24) is 0 Å². The Morgan fingerprint density at radius 2 is 0.851 bits per heavy atom. The molecule has 4 amide bonds. The maximum atomic E-state index is 12.5. The molecular weight excluding hydrogens is 643 g/mol. The maximum absolute atomic E-state index is 12.5. The van der Waals surface area contributed by atoms with Crippen LogP contribution in [0.4, 0.5) is 22.7 Å². The van der Waals surface area contributed by atoms with E-state index >= 15 is 0 Å². The van der Waals surface area contributed by atoms with E-state index in [1.165, 1.54) is 0 Å². The Labute approximate surface area is 282 Å². The number of benzene rings is 4. The fourth-order valence-corrected chi connectivity index (χ4v) is 4.55. The molecule has 47 heavy (non-hydrogen) atoms. The molecule has 0 aliphatic heterocycles. The highest BCUT2D eigenvalue weighted by Gasteiger charge is 2.18. The highest BCUT2D eigenvalue weighted by atomic mass is 35.5. The smallest absolute Gasteiger partial charge is 0.265 e. The molecule has 4 aromatic rings. The fourth-order valence-electron chi connectivity index (χ4n) is 4.19. The average Bonchev–Trinajstić information content (AvgIpc) is 3.05. The van der Waals surface area contributed by atoms with Gasteiger partial charge in [0.1, 0.15) is 11.5 Å². The summed E-state index contributed by atoms with van der Waals surface area (Å²) in [6.45, 7) is 3.24. The van der Waals surface area contributed by atoms with Gasteiger partial charge >= 0.3 is 0 Å². The largest absolute Gasteiger partial charge is 0.479 e. The van der Waals surface area contributed by atoms with E-state index in [9.17, 15) is 19.2 Å². The average molecular weight is 678 g/mol. The van der Waals surface area contributed by atoms with E-state index in [4.69, 9.17) is 32.7 Å². The third kappa shape index (κ3) is 11.1. The number of carbonyl (C=O) groups excluding carboxylic acids is 4. The molecule has 0 heterocycles. The van der Waals surface area contributed by atoms with Gasteiger partial charge in [0, 0.05) is 35.6 Å². The molecule has 0 aliphatic carbocycles. The van der Waals surface area contributed by atoms with Gasteiger partial charge in [-0.25, -0.2) is 0 Å². The summed E-state index contributed by atoms with van der Waals surface area (Å²) in [5.74, 6) is -0.373. The quantitative estimate of drug-likeness (QED) is 0.109. The minimum Gasteiger partial charge on any atom is -0.479 e. The molecule has 12 heteroatoms. The van der Waals surface area contributed by atoms with Gasteiger partial charge in [-0.2, -0.15) is 0 Å². The SMILES string of the molecule is CC(Oc1ccccc1Cl)C(=O)Nc1ccc(NC(=O)CCCC(=O)Nc2ccc(NC(=O)C(C)Oc3ccccc3Cl)cc2)cc1. The predicted octanol–water partition coefficient (Wildman–Crippen LogP) is 7.55. The molecule has 4 N–H and O–H groups in total. The van der Waals surface area contributed by atoms with Crippen LogP contribution in [0.2, 0.25) is 10.0 Å². The minimum absolute atomic E-state index is 0.141. The number of halogens is 2. The first-order chi connectivity index (χ1) is 22.6. The second kappa shape index (κ2) is 17.0. The third-order valence-corrected chi connectivity index (χ3v) is 7.32. The van der Waals surface area contributed by atoms with Crippen LogP contribution in [0.15, 0.2) is 97.1 Å². The van der Waals surface area contributed by atoms with E-state index in [1.807, 2.05) is 0 Å². The van der Waals surface area contributed by atoms with Crippen molar-refractivity contribution in [3.8, 4) is 11.5 Å². The Kier molecular flexibility index (Phi) is 12.6. The molecule has 4 rings (SSSR count). The molecule has 2 atom stereocenters. The summed E-state index contributed by atoms with van der Waals surface area (Å²) in [7, 11) is 0. The van der Waals surface area contributed by atoms with Crippen LogP contribution in [0, 0.1) is 0 Å². The zero-order valence-corrected chi connectivity index (χ0v) is 27.2. The van der Waals surface area contributed by atoms with Crippen LogP contribution in [-0.4, -0.2) is 35.8 Å². The van der Waals surface area contributed by atoms with Crippen LogP contribution >= 0.6 is 23.2 Å². The van der Waals surface area contributed by atoms with Gasteiger partial charge in [-0.3, -0.25) is 19.2 Å². The van der Waals surface area contributed by atoms with E-state index in [0.717, 1.165) is 0 Å². The third-order valence-electron chi connectivity index (χ3n) is 6.70. The first-order valence-electron chi connectivity index (χ1n) is 14.8. The lowest BCUT2D eigenvalue weighted by Crippen LogP contribution is -2.30. The molecule has 2 unspecified atom stereocenters. The molecule has 0 radical (unpaired) electrons. The van der Waals surface area contributed by atoms with Crippen LogP contribution in [-0.2, 0) is 19.2 Å². The van der Waals surface area contributed by atoms with Crippen molar-refractivity contribution in [3.63, 3.8) is 0 Å². The Bertz CT molecular complexity index is 1570. The number of hydrogen-bond acceptors (Lipinski definition) is 6. The molecule has 4 aromatic carbocycles. The Morgan fingerprint density at radius 3 is 1.19 bits per heavy atom. The zero-order chi connectivity index (χ0) is 33.8. The van der Waals surface area contributed by atoms with Gasteiger partial charge in [-0.1, -0.05) is 47.5 Å². The van der Waals surface area contributed by atoms with Gasteiger partial charge in [0.15, 0.2) is 12.2 Å². The van der Waals surface area contributed by atoms with Gasteiger partial charge in [0.05, 0.1) is 10.0 Å². The van der Waals surface area contributed by atoms with E-state index in [1.54, 1.807) is 111 Å². The number of rotatable bonds is 14. The number of amides is 4. The first-order valence-corrected chi connectivity index (χ1v) is 15.6. The number of carbonyl (C=O) groups is 4.